The predicted octanol–water partition coefficient (Wildman–Crippen LogP) is 2.98. The van der Waals surface area contributed by atoms with Crippen molar-refractivity contribution in [1.29, 1.82) is 0 Å². The molecule has 1 nitrogen and oxygen atoms in total. The van der Waals surface area contributed by atoms with E-state index >= 15 is 0 Å². The Labute approximate surface area is 82.6 Å². The average molecular weight is 181 g/mol. The molecule has 1 heteroatoms. The van der Waals surface area contributed by atoms with E-state index in [-0.39, 0.29) is 0 Å². The summed E-state index contributed by atoms with van der Waals surface area (Å²) in [5, 5.41) is 3.53. The topological polar surface area (TPSA) is 12.0 Å². The average Bonchev–Trinajstić information content (AvgIpc) is 2.03. The second kappa shape index (κ2) is 5.43. The molecule has 0 radical (unpaired) electrons. The number of hydrogen-bond donors (Lipinski definition) is 1. The summed E-state index contributed by atoms with van der Waals surface area (Å²) in [6.45, 7) is 10.9. The van der Waals surface area contributed by atoms with Gasteiger partial charge in [-0.2, -0.15) is 0 Å². The van der Waals surface area contributed by atoms with Crippen molar-refractivity contribution in [3.8, 4) is 0 Å². The van der Waals surface area contributed by atoms with Gasteiger partial charge in [0, 0.05) is 0 Å². The molecule has 13 heavy (non-hydrogen) atoms. The largest absolute Gasteiger partial charge is 0.316 e. The van der Waals surface area contributed by atoms with Crippen LogP contribution in [0.1, 0.15) is 39.5 Å². The number of hydrogen-bond acceptors (Lipinski definition) is 1. The Kier molecular flexibility index (Phi) is 4.51. The van der Waals surface area contributed by atoms with Crippen LogP contribution < -0.4 is 5.32 Å². The third-order valence-electron chi connectivity index (χ3n) is 2.71. The fourth-order valence-corrected chi connectivity index (χ4v) is 2.00. The molecule has 1 atom stereocenters. The summed E-state index contributed by atoms with van der Waals surface area (Å²) in [6, 6.07) is 0. The van der Waals surface area contributed by atoms with Crippen LogP contribution in [0.15, 0.2) is 12.2 Å². The first-order valence-electron chi connectivity index (χ1n) is 5.56. The maximum absolute atomic E-state index is 4.08. The summed E-state index contributed by atoms with van der Waals surface area (Å²) in [7, 11) is 0. The fourth-order valence-electron chi connectivity index (χ4n) is 2.00. The second-order valence-corrected chi connectivity index (χ2v) is 4.76. The number of rotatable bonds is 4. The molecule has 1 aliphatic carbocycles. The van der Waals surface area contributed by atoms with Gasteiger partial charge >= 0.3 is 0 Å². The number of nitrogens with one attached hydrogen (secondary N) is 1. The summed E-state index contributed by atoms with van der Waals surface area (Å²) < 4.78 is 0. The van der Waals surface area contributed by atoms with Crippen molar-refractivity contribution < 1.29 is 0 Å². The Balaban J connectivity index is 2.10. The van der Waals surface area contributed by atoms with E-state index in [4.69, 9.17) is 0 Å². The smallest absolute Gasteiger partial charge is 0.00173 e. The Morgan fingerprint density at radius 3 is 2.92 bits per heavy atom. The standard InChI is InChI=1S/C12H23N/c1-10(2)8-13-9-12-6-4-5-11(3)7-12/h10,12-13H,3-9H2,1-2H3. The van der Waals surface area contributed by atoms with Crippen molar-refractivity contribution in [3.63, 3.8) is 0 Å². The zero-order valence-corrected chi connectivity index (χ0v) is 9.10. The molecule has 0 heterocycles. The molecule has 0 spiro atoms. The lowest BCUT2D eigenvalue weighted by Gasteiger charge is -2.24. The third-order valence-corrected chi connectivity index (χ3v) is 2.71. The van der Waals surface area contributed by atoms with Gasteiger partial charge in [0.15, 0.2) is 0 Å². The van der Waals surface area contributed by atoms with Gasteiger partial charge in [-0.3, -0.25) is 0 Å². The second-order valence-electron chi connectivity index (χ2n) is 4.76. The molecule has 0 amide bonds. The van der Waals surface area contributed by atoms with Crippen LogP contribution in [0.2, 0.25) is 0 Å². The van der Waals surface area contributed by atoms with E-state index in [0.29, 0.717) is 0 Å². The SMILES string of the molecule is C=C1CCCC(CNCC(C)C)C1. The van der Waals surface area contributed by atoms with Gasteiger partial charge in [-0.25, -0.2) is 0 Å². The van der Waals surface area contributed by atoms with Crippen LogP contribution in [0.4, 0.5) is 0 Å². The lowest BCUT2D eigenvalue weighted by atomic mass is 9.86. The summed E-state index contributed by atoms with van der Waals surface area (Å²) >= 11 is 0. The minimum Gasteiger partial charge on any atom is -0.316 e. The van der Waals surface area contributed by atoms with Crippen molar-refractivity contribution in [2.45, 2.75) is 39.5 Å². The molecule has 1 rings (SSSR count). The molecule has 0 aliphatic heterocycles. The Hall–Kier alpha value is -0.300. The van der Waals surface area contributed by atoms with Crippen LogP contribution in [-0.2, 0) is 0 Å². The van der Waals surface area contributed by atoms with Crippen LogP contribution in [-0.4, -0.2) is 13.1 Å². The van der Waals surface area contributed by atoms with E-state index in [2.05, 4.69) is 25.7 Å². The van der Waals surface area contributed by atoms with Crippen molar-refractivity contribution in [3.05, 3.63) is 12.2 Å². The Morgan fingerprint density at radius 1 is 1.54 bits per heavy atom. The van der Waals surface area contributed by atoms with Crippen LogP contribution >= 0.6 is 0 Å². The zero-order valence-electron chi connectivity index (χ0n) is 9.10. The first kappa shape index (κ1) is 10.8. The molecule has 0 bridgehead atoms. The maximum Gasteiger partial charge on any atom is -0.00173 e. The van der Waals surface area contributed by atoms with Crippen molar-refractivity contribution in [1.82, 2.24) is 5.32 Å². The lowest BCUT2D eigenvalue weighted by molar-refractivity contribution is 0.384. The Bertz CT molecular complexity index is 161. The van der Waals surface area contributed by atoms with Crippen LogP contribution in [0, 0.1) is 11.8 Å². The monoisotopic (exact) mass is 181 g/mol. The molecule has 0 aromatic carbocycles. The first-order valence-corrected chi connectivity index (χ1v) is 5.56. The van der Waals surface area contributed by atoms with Gasteiger partial charge < -0.3 is 5.32 Å². The highest BCUT2D eigenvalue weighted by atomic mass is 14.9. The highest BCUT2D eigenvalue weighted by Crippen LogP contribution is 2.26. The van der Waals surface area contributed by atoms with Gasteiger partial charge in [-0.1, -0.05) is 26.0 Å². The van der Waals surface area contributed by atoms with E-state index < -0.39 is 0 Å². The summed E-state index contributed by atoms with van der Waals surface area (Å²) in [5.41, 5.74) is 1.46. The molecular weight excluding hydrogens is 158 g/mol. The van der Waals surface area contributed by atoms with Crippen LogP contribution in [0.25, 0.3) is 0 Å². The fraction of sp³-hybridized carbons (Fsp3) is 0.833. The number of allylic oxidation sites excluding steroid dienone is 1. The van der Waals surface area contributed by atoms with Gasteiger partial charge in [0.25, 0.3) is 0 Å². The van der Waals surface area contributed by atoms with Gasteiger partial charge in [0.1, 0.15) is 0 Å². The highest BCUT2D eigenvalue weighted by Gasteiger charge is 2.14. The minimum atomic E-state index is 0.770. The van der Waals surface area contributed by atoms with E-state index in [1.807, 2.05) is 0 Å². The summed E-state index contributed by atoms with van der Waals surface area (Å²) in [4.78, 5) is 0. The van der Waals surface area contributed by atoms with E-state index in [1.165, 1.54) is 37.8 Å². The normalized spacial score (nSPS) is 23.9. The van der Waals surface area contributed by atoms with Gasteiger partial charge in [-0.15, -0.1) is 0 Å². The van der Waals surface area contributed by atoms with Crippen LogP contribution in [0.3, 0.4) is 0 Å². The lowest BCUT2D eigenvalue weighted by Crippen LogP contribution is -2.27. The molecule has 0 saturated heterocycles. The molecule has 1 N–H and O–H groups in total. The summed E-state index contributed by atoms with van der Waals surface area (Å²) in [6.07, 6.45) is 5.27. The molecular formula is C12H23N. The molecule has 0 aromatic rings. The predicted molar refractivity (Wildman–Crippen MR) is 58.8 cm³/mol. The quantitative estimate of drug-likeness (QED) is 0.657. The molecule has 1 unspecified atom stereocenters. The van der Waals surface area contributed by atoms with Crippen molar-refractivity contribution in [2.24, 2.45) is 11.8 Å². The molecule has 1 fully saturated rings. The zero-order chi connectivity index (χ0) is 9.68. The van der Waals surface area contributed by atoms with E-state index in [9.17, 15) is 0 Å². The third kappa shape index (κ3) is 4.47. The minimum absolute atomic E-state index is 0.770. The van der Waals surface area contributed by atoms with Gasteiger partial charge in [-0.05, 0) is 50.6 Å². The van der Waals surface area contributed by atoms with Crippen LogP contribution in [0.5, 0.6) is 0 Å². The molecule has 76 valence electrons. The van der Waals surface area contributed by atoms with E-state index in [0.717, 1.165) is 18.4 Å². The molecule has 1 aliphatic rings. The van der Waals surface area contributed by atoms with Crippen molar-refractivity contribution in [2.75, 3.05) is 13.1 Å². The van der Waals surface area contributed by atoms with E-state index in [1.54, 1.807) is 0 Å². The first-order chi connectivity index (χ1) is 6.18. The Morgan fingerprint density at radius 2 is 2.31 bits per heavy atom. The van der Waals surface area contributed by atoms with Gasteiger partial charge in [0.05, 0.1) is 0 Å². The maximum atomic E-state index is 4.08. The molecule has 0 aromatic heterocycles. The van der Waals surface area contributed by atoms with Crippen molar-refractivity contribution >= 4 is 0 Å². The summed E-state index contributed by atoms with van der Waals surface area (Å²) in [5.74, 6) is 1.63. The van der Waals surface area contributed by atoms with Gasteiger partial charge in [0.2, 0.25) is 0 Å². The molecule has 1 saturated carbocycles. The highest BCUT2D eigenvalue weighted by molar-refractivity contribution is 4.99.